The van der Waals surface area contributed by atoms with Crippen molar-refractivity contribution in [2.45, 2.75) is 18.9 Å². The van der Waals surface area contributed by atoms with Gasteiger partial charge in [-0.05, 0) is 31.5 Å². The van der Waals surface area contributed by atoms with Crippen molar-refractivity contribution in [1.82, 2.24) is 15.1 Å². The van der Waals surface area contributed by atoms with E-state index in [0.717, 1.165) is 32.7 Å². The van der Waals surface area contributed by atoms with E-state index in [2.05, 4.69) is 27.2 Å². The quantitative estimate of drug-likeness (QED) is 0.900. The van der Waals surface area contributed by atoms with Crippen LogP contribution in [0.3, 0.4) is 0 Å². The van der Waals surface area contributed by atoms with Crippen LogP contribution >= 0.6 is 0 Å². The van der Waals surface area contributed by atoms with Crippen molar-refractivity contribution in [3.63, 3.8) is 0 Å². The van der Waals surface area contributed by atoms with E-state index in [1.807, 2.05) is 18.2 Å². The van der Waals surface area contributed by atoms with Crippen LogP contribution < -0.4 is 5.32 Å². The van der Waals surface area contributed by atoms with E-state index in [9.17, 15) is 4.79 Å². The molecule has 2 aliphatic rings. The summed E-state index contributed by atoms with van der Waals surface area (Å²) in [6.45, 7) is 5.31. The zero-order chi connectivity index (χ0) is 13.8. The van der Waals surface area contributed by atoms with Crippen LogP contribution in [-0.2, 0) is 4.79 Å². The molecule has 0 bridgehead atoms. The number of piperazine rings is 1. The number of hydrogen-bond acceptors (Lipinski definition) is 3. The van der Waals surface area contributed by atoms with Gasteiger partial charge in [-0.1, -0.05) is 30.3 Å². The van der Waals surface area contributed by atoms with Crippen LogP contribution in [0, 0.1) is 0 Å². The van der Waals surface area contributed by atoms with Crippen molar-refractivity contribution in [2.75, 3.05) is 39.3 Å². The Kier molecular flexibility index (Phi) is 4.33. The Morgan fingerprint density at radius 1 is 1.15 bits per heavy atom. The number of hydrogen-bond donors (Lipinski definition) is 1. The molecule has 0 aliphatic carbocycles. The summed E-state index contributed by atoms with van der Waals surface area (Å²) in [6, 6.07) is 10.5. The Bertz CT molecular complexity index is 442. The third kappa shape index (κ3) is 3.02. The zero-order valence-electron chi connectivity index (χ0n) is 11.9. The summed E-state index contributed by atoms with van der Waals surface area (Å²) in [5.41, 5.74) is 1.23. The van der Waals surface area contributed by atoms with Crippen molar-refractivity contribution in [3.05, 3.63) is 35.9 Å². The molecule has 4 nitrogen and oxygen atoms in total. The van der Waals surface area contributed by atoms with Crippen molar-refractivity contribution < 1.29 is 4.79 Å². The smallest absolute Gasteiger partial charge is 0.237 e. The number of rotatable bonds is 3. The molecule has 1 N–H and O–H groups in total. The zero-order valence-corrected chi connectivity index (χ0v) is 11.9. The van der Waals surface area contributed by atoms with Crippen LogP contribution in [0.4, 0.5) is 0 Å². The molecule has 1 amide bonds. The Morgan fingerprint density at radius 3 is 2.65 bits per heavy atom. The Balaban J connectivity index is 1.70. The topological polar surface area (TPSA) is 35.6 Å². The van der Waals surface area contributed by atoms with Gasteiger partial charge in [0.15, 0.2) is 0 Å². The van der Waals surface area contributed by atoms with Gasteiger partial charge in [-0.2, -0.15) is 0 Å². The number of carbonyl (C=O) groups is 1. The van der Waals surface area contributed by atoms with Crippen LogP contribution in [0.25, 0.3) is 0 Å². The second-order valence-corrected chi connectivity index (χ2v) is 5.70. The fourth-order valence-electron chi connectivity index (χ4n) is 3.20. The third-order valence-electron chi connectivity index (χ3n) is 4.31. The summed E-state index contributed by atoms with van der Waals surface area (Å²) in [6.07, 6.45) is 2.47. The van der Waals surface area contributed by atoms with Crippen LogP contribution in [-0.4, -0.2) is 55.0 Å². The standard InChI is InChI=1S/C16H23N3O/c20-16(13-18-9-4-5-10-18)19-11-8-17-12-15(19)14-6-2-1-3-7-14/h1-3,6-7,15,17H,4-5,8-13H2/t15-/m0/s1. The minimum Gasteiger partial charge on any atom is -0.332 e. The first kappa shape index (κ1) is 13.6. The van der Waals surface area contributed by atoms with Crippen LogP contribution in [0.2, 0.25) is 0 Å². The lowest BCUT2D eigenvalue weighted by atomic mass is 10.0. The first-order valence-electron chi connectivity index (χ1n) is 7.62. The van der Waals surface area contributed by atoms with E-state index in [1.165, 1.54) is 18.4 Å². The van der Waals surface area contributed by atoms with E-state index in [-0.39, 0.29) is 11.9 Å². The molecular weight excluding hydrogens is 250 g/mol. The number of amides is 1. The molecule has 108 valence electrons. The van der Waals surface area contributed by atoms with Gasteiger partial charge >= 0.3 is 0 Å². The number of benzene rings is 1. The number of nitrogens with zero attached hydrogens (tertiary/aromatic N) is 2. The molecule has 2 fully saturated rings. The summed E-state index contributed by atoms with van der Waals surface area (Å²) in [5, 5.41) is 3.40. The highest BCUT2D eigenvalue weighted by Crippen LogP contribution is 2.22. The first-order valence-corrected chi connectivity index (χ1v) is 7.62. The van der Waals surface area contributed by atoms with Crippen molar-refractivity contribution in [2.24, 2.45) is 0 Å². The molecule has 2 heterocycles. The molecule has 0 saturated carbocycles. The average molecular weight is 273 g/mol. The molecule has 2 aliphatic heterocycles. The van der Waals surface area contributed by atoms with Gasteiger partial charge < -0.3 is 10.2 Å². The molecule has 1 aromatic carbocycles. The van der Waals surface area contributed by atoms with Gasteiger partial charge in [0.25, 0.3) is 0 Å². The van der Waals surface area contributed by atoms with E-state index in [1.54, 1.807) is 0 Å². The highest BCUT2D eigenvalue weighted by molar-refractivity contribution is 5.79. The maximum absolute atomic E-state index is 12.6. The monoisotopic (exact) mass is 273 g/mol. The average Bonchev–Trinajstić information content (AvgIpc) is 3.01. The molecule has 20 heavy (non-hydrogen) atoms. The minimum absolute atomic E-state index is 0.181. The Hall–Kier alpha value is -1.39. The predicted octanol–water partition coefficient (Wildman–Crippen LogP) is 1.26. The molecule has 2 saturated heterocycles. The summed E-state index contributed by atoms with van der Waals surface area (Å²) >= 11 is 0. The Labute approximate surface area is 120 Å². The lowest BCUT2D eigenvalue weighted by Gasteiger charge is -2.37. The number of carbonyl (C=O) groups excluding carboxylic acids is 1. The molecule has 1 atom stereocenters. The van der Waals surface area contributed by atoms with E-state index in [0.29, 0.717) is 6.54 Å². The predicted molar refractivity (Wildman–Crippen MR) is 79.4 cm³/mol. The van der Waals surface area contributed by atoms with Gasteiger partial charge in [-0.25, -0.2) is 0 Å². The fourth-order valence-corrected chi connectivity index (χ4v) is 3.20. The number of nitrogens with one attached hydrogen (secondary N) is 1. The van der Waals surface area contributed by atoms with Crippen LogP contribution in [0.1, 0.15) is 24.4 Å². The van der Waals surface area contributed by atoms with Crippen molar-refractivity contribution in [3.8, 4) is 0 Å². The van der Waals surface area contributed by atoms with Crippen molar-refractivity contribution >= 4 is 5.91 Å². The summed E-state index contributed by atoms with van der Waals surface area (Å²) < 4.78 is 0. The summed E-state index contributed by atoms with van der Waals surface area (Å²) in [7, 11) is 0. The lowest BCUT2D eigenvalue weighted by molar-refractivity contribution is -0.135. The van der Waals surface area contributed by atoms with E-state index >= 15 is 0 Å². The normalized spacial score (nSPS) is 24.0. The molecule has 1 aromatic rings. The van der Waals surface area contributed by atoms with Crippen molar-refractivity contribution in [1.29, 1.82) is 0 Å². The SMILES string of the molecule is O=C(CN1CCCC1)N1CCNC[C@H]1c1ccccc1. The molecular formula is C16H23N3O. The molecule has 0 unspecified atom stereocenters. The van der Waals surface area contributed by atoms with Gasteiger partial charge in [-0.3, -0.25) is 9.69 Å². The molecule has 0 aromatic heterocycles. The van der Waals surface area contributed by atoms with Gasteiger partial charge in [0.2, 0.25) is 5.91 Å². The molecule has 4 heteroatoms. The highest BCUT2D eigenvalue weighted by Gasteiger charge is 2.29. The third-order valence-corrected chi connectivity index (χ3v) is 4.31. The molecule has 3 rings (SSSR count). The van der Waals surface area contributed by atoms with Gasteiger partial charge in [0.1, 0.15) is 0 Å². The minimum atomic E-state index is 0.181. The molecule has 0 spiro atoms. The summed E-state index contributed by atoms with van der Waals surface area (Å²) in [4.78, 5) is 16.9. The number of likely N-dealkylation sites (tertiary alicyclic amines) is 1. The highest BCUT2D eigenvalue weighted by atomic mass is 16.2. The van der Waals surface area contributed by atoms with E-state index < -0.39 is 0 Å². The first-order chi connectivity index (χ1) is 9.84. The molecule has 0 radical (unpaired) electrons. The lowest BCUT2D eigenvalue weighted by Crippen LogP contribution is -2.51. The van der Waals surface area contributed by atoms with Gasteiger partial charge in [0, 0.05) is 19.6 Å². The van der Waals surface area contributed by atoms with Crippen LogP contribution in [0.15, 0.2) is 30.3 Å². The fraction of sp³-hybridized carbons (Fsp3) is 0.562. The van der Waals surface area contributed by atoms with Crippen LogP contribution in [0.5, 0.6) is 0 Å². The maximum atomic E-state index is 12.6. The van der Waals surface area contributed by atoms with Gasteiger partial charge in [0.05, 0.1) is 12.6 Å². The maximum Gasteiger partial charge on any atom is 0.237 e. The van der Waals surface area contributed by atoms with E-state index in [4.69, 9.17) is 0 Å². The largest absolute Gasteiger partial charge is 0.332 e. The Morgan fingerprint density at radius 2 is 1.90 bits per heavy atom. The second kappa shape index (κ2) is 6.37. The van der Waals surface area contributed by atoms with Gasteiger partial charge in [-0.15, -0.1) is 0 Å². The summed E-state index contributed by atoms with van der Waals surface area (Å²) in [5.74, 6) is 0.280. The second-order valence-electron chi connectivity index (χ2n) is 5.70.